The predicted octanol–water partition coefficient (Wildman–Crippen LogP) is 1.09. The molecule has 5 nitrogen and oxygen atoms in total. The molecule has 1 heterocycles. The average molecular weight is 240 g/mol. The van der Waals surface area contributed by atoms with Crippen molar-refractivity contribution < 1.29 is 14.3 Å². The van der Waals surface area contributed by atoms with Gasteiger partial charge in [0.2, 0.25) is 5.91 Å². The van der Waals surface area contributed by atoms with E-state index in [4.69, 9.17) is 4.74 Å². The number of rotatable bonds is 1. The molecule has 1 saturated carbocycles. The van der Waals surface area contributed by atoms with Gasteiger partial charge in [0.25, 0.3) is 0 Å². The lowest BCUT2D eigenvalue weighted by Gasteiger charge is -2.30. The second kappa shape index (κ2) is 5.38. The molecule has 0 aromatic carbocycles. The molecule has 2 aliphatic rings. The Balaban J connectivity index is 1.86. The van der Waals surface area contributed by atoms with E-state index >= 15 is 0 Å². The summed E-state index contributed by atoms with van der Waals surface area (Å²) in [5.74, 6) is 0.530. The Morgan fingerprint density at radius 1 is 1.00 bits per heavy atom. The van der Waals surface area contributed by atoms with E-state index in [9.17, 15) is 9.59 Å². The molecular formula is C12H20N2O3. The Hall–Kier alpha value is -1.26. The fourth-order valence-electron chi connectivity index (χ4n) is 2.36. The first-order valence-electron chi connectivity index (χ1n) is 6.34. The van der Waals surface area contributed by atoms with Gasteiger partial charge in [0, 0.05) is 32.1 Å². The van der Waals surface area contributed by atoms with Crippen molar-refractivity contribution in [3.63, 3.8) is 0 Å². The Labute approximate surface area is 102 Å². The van der Waals surface area contributed by atoms with E-state index in [1.807, 2.05) is 4.90 Å². The molecule has 5 heteroatoms. The molecule has 1 aliphatic carbocycles. The summed E-state index contributed by atoms with van der Waals surface area (Å²) in [7, 11) is 1.39. The highest BCUT2D eigenvalue weighted by atomic mass is 16.5. The summed E-state index contributed by atoms with van der Waals surface area (Å²) >= 11 is 0. The van der Waals surface area contributed by atoms with E-state index in [1.54, 1.807) is 4.90 Å². The Morgan fingerprint density at radius 3 is 2.24 bits per heavy atom. The maximum absolute atomic E-state index is 12.1. The zero-order valence-corrected chi connectivity index (χ0v) is 10.4. The van der Waals surface area contributed by atoms with Gasteiger partial charge in [0.1, 0.15) is 0 Å². The number of carbonyl (C=O) groups is 2. The van der Waals surface area contributed by atoms with Crippen molar-refractivity contribution in [2.24, 2.45) is 5.92 Å². The number of amides is 2. The van der Waals surface area contributed by atoms with Crippen LogP contribution in [0.25, 0.3) is 0 Å². The highest BCUT2D eigenvalue weighted by Gasteiger charge is 2.30. The van der Waals surface area contributed by atoms with Crippen molar-refractivity contribution in [2.75, 3.05) is 33.3 Å². The first kappa shape index (κ1) is 12.2. The van der Waals surface area contributed by atoms with Crippen LogP contribution in [-0.2, 0) is 9.53 Å². The minimum absolute atomic E-state index is 0.250. The lowest BCUT2D eigenvalue weighted by atomic mass is 9.84. The zero-order valence-electron chi connectivity index (χ0n) is 10.4. The molecule has 0 radical (unpaired) electrons. The van der Waals surface area contributed by atoms with E-state index in [-0.39, 0.29) is 17.9 Å². The van der Waals surface area contributed by atoms with Crippen LogP contribution in [0.1, 0.15) is 25.7 Å². The summed E-state index contributed by atoms with van der Waals surface area (Å²) in [6, 6.07) is 0. The van der Waals surface area contributed by atoms with E-state index in [1.165, 1.54) is 13.5 Å². The zero-order chi connectivity index (χ0) is 12.3. The van der Waals surface area contributed by atoms with Gasteiger partial charge in [-0.3, -0.25) is 4.79 Å². The monoisotopic (exact) mass is 240 g/mol. The first-order chi connectivity index (χ1) is 8.22. The first-order valence-corrected chi connectivity index (χ1v) is 6.34. The topological polar surface area (TPSA) is 49.9 Å². The van der Waals surface area contributed by atoms with E-state index in [0.29, 0.717) is 19.6 Å². The molecule has 0 N–H and O–H groups in total. The quantitative estimate of drug-likeness (QED) is 0.689. The molecule has 96 valence electrons. The van der Waals surface area contributed by atoms with Crippen molar-refractivity contribution in [3.8, 4) is 0 Å². The molecular weight excluding hydrogens is 220 g/mol. The SMILES string of the molecule is COC(=O)N1CCCN(C(=O)C2CCC2)CC1. The third-order valence-electron chi connectivity index (χ3n) is 3.69. The van der Waals surface area contributed by atoms with Crippen LogP contribution in [0.3, 0.4) is 0 Å². The predicted molar refractivity (Wildman–Crippen MR) is 62.5 cm³/mol. The summed E-state index contributed by atoms with van der Waals surface area (Å²) in [4.78, 5) is 27.1. The minimum atomic E-state index is -0.289. The summed E-state index contributed by atoms with van der Waals surface area (Å²) in [6.45, 7) is 2.68. The van der Waals surface area contributed by atoms with E-state index < -0.39 is 0 Å². The van der Waals surface area contributed by atoms with Gasteiger partial charge in [-0.15, -0.1) is 0 Å². The molecule has 2 fully saturated rings. The Kier molecular flexibility index (Phi) is 3.86. The molecule has 0 unspecified atom stereocenters. The molecule has 1 aliphatic heterocycles. The van der Waals surface area contributed by atoms with Crippen LogP contribution in [0.5, 0.6) is 0 Å². The van der Waals surface area contributed by atoms with Crippen molar-refractivity contribution in [2.45, 2.75) is 25.7 Å². The fraction of sp³-hybridized carbons (Fsp3) is 0.833. The van der Waals surface area contributed by atoms with Crippen LogP contribution >= 0.6 is 0 Å². The molecule has 0 aromatic rings. The Morgan fingerprint density at radius 2 is 1.65 bits per heavy atom. The average Bonchev–Trinajstić information content (AvgIpc) is 2.51. The van der Waals surface area contributed by atoms with Gasteiger partial charge in [-0.1, -0.05) is 6.42 Å². The number of hydrogen-bond donors (Lipinski definition) is 0. The maximum atomic E-state index is 12.1. The largest absolute Gasteiger partial charge is 0.453 e. The second-order valence-electron chi connectivity index (χ2n) is 4.76. The van der Waals surface area contributed by atoms with Gasteiger partial charge < -0.3 is 14.5 Å². The molecule has 1 saturated heterocycles. The molecule has 0 bridgehead atoms. The summed E-state index contributed by atoms with van der Waals surface area (Å²) in [5, 5.41) is 0. The smallest absolute Gasteiger partial charge is 0.409 e. The van der Waals surface area contributed by atoms with Crippen molar-refractivity contribution in [3.05, 3.63) is 0 Å². The van der Waals surface area contributed by atoms with Gasteiger partial charge in [-0.05, 0) is 19.3 Å². The van der Waals surface area contributed by atoms with Gasteiger partial charge >= 0.3 is 6.09 Å². The summed E-state index contributed by atoms with van der Waals surface area (Å²) in [6.07, 6.45) is 3.81. The number of nitrogens with zero attached hydrogens (tertiary/aromatic N) is 2. The van der Waals surface area contributed by atoms with Crippen LogP contribution in [0.4, 0.5) is 4.79 Å². The van der Waals surface area contributed by atoms with Gasteiger partial charge in [0.15, 0.2) is 0 Å². The summed E-state index contributed by atoms with van der Waals surface area (Å²) in [5.41, 5.74) is 0. The van der Waals surface area contributed by atoms with Gasteiger partial charge in [-0.2, -0.15) is 0 Å². The van der Waals surface area contributed by atoms with Crippen molar-refractivity contribution in [1.82, 2.24) is 9.80 Å². The highest BCUT2D eigenvalue weighted by molar-refractivity contribution is 5.79. The molecule has 2 rings (SSSR count). The standard InChI is InChI=1S/C12H20N2O3/c1-17-12(16)14-7-3-6-13(8-9-14)11(15)10-4-2-5-10/h10H,2-9H2,1H3. The fourth-order valence-corrected chi connectivity index (χ4v) is 2.36. The molecule has 17 heavy (non-hydrogen) atoms. The van der Waals surface area contributed by atoms with Gasteiger partial charge in [-0.25, -0.2) is 4.79 Å². The van der Waals surface area contributed by atoms with Crippen LogP contribution in [-0.4, -0.2) is 55.1 Å². The number of hydrogen-bond acceptors (Lipinski definition) is 3. The summed E-state index contributed by atoms with van der Waals surface area (Å²) < 4.78 is 4.70. The van der Waals surface area contributed by atoms with Crippen molar-refractivity contribution in [1.29, 1.82) is 0 Å². The Bertz CT molecular complexity index is 302. The van der Waals surface area contributed by atoms with Crippen LogP contribution in [0, 0.1) is 5.92 Å². The van der Waals surface area contributed by atoms with Crippen LogP contribution in [0.15, 0.2) is 0 Å². The number of ether oxygens (including phenoxy) is 1. The molecule has 0 atom stereocenters. The number of carbonyl (C=O) groups excluding carboxylic acids is 2. The highest BCUT2D eigenvalue weighted by Crippen LogP contribution is 2.28. The van der Waals surface area contributed by atoms with Gasteiger partial charge in [0.05, 0.1) is 7.11 Å². The lowest BCUT2D eigenvalue weighted by Crippen LogP contribution is -2.41. The van der Waals surface area contributed by atoms with Crippen LogP contribution in [0.2, 0.25) is 0 Å². The third kappa shape index (κ3) is 2.70. The third-order valence-corrected chi connectivity index (χ3v) is 3.69. The second-order valence-corrected chi connectivity index (χ2v) is 4.76. The number of methoxy groups -OCH3 is 1. The van der Waals surface area contributed by atoms with E-state index in [0.717, 1.165) is 25.8 Å². The van der Waals surface area contributed by atoms with Crippen LogP contribution < -0.4 is 0 Å². The lowest BCUT2D eigenvalue weighted by molar-refractivity contribution is -0.138. The maximum Gasteiger partial charge on any atom is 0.409 e. The van der Waals surface area contributed by atoms with Crippen molar-refractivity contribution >= 4 is 12.0 Å². The molecule has 0 aromatic heterocycles. The van der Waals surface area contributed by atoms with E-state index in [2.05, 4.69) is 0 Å². The molecule has 2 amide bonds. The minimum Gasteiger partial charge on any atom is -0.453 e. The normalized spacial score (nSPS) is 21.7. The molecule has 0 spiro atoms.